The molecular weight excluding hydrogens is 312 g/mol. The van der Waals surface area contributed by atoms with Gasteiger partial charge in [-0.05, 0) is 74.7 Å². The number of hydrogen-bond acceptors (Lipinski definition) is 1. The number of unbranched alkanes of at least 4 members (excludes halogenated alkanes) is 1. The van der Waals surface area contributed by atoms with Crippen LogP contribution in [-0.4, -0.2) is 5.11 Å². The molecule has 0 aromatic heterocycles. The minimum Gasteiger partial charge on any atom is -0.356 e. The Hall–Kier alpha value is -1.87. The summed E-state index contributed by atoms with van der Waals surface area (Å²) in [6.07, 6.45) is 3.60. The summed E-state index contributed by atoms with van der Waals surface area (Å²) in [7, 11) is 0. The van der Waals surface area contributed by atoms with Crippen LogP contribution in [0.25, 0.3) is 0 Å². The number of nitrogens with one attached hydrogen (secondary N) is 2. The second kappa shape index (κ2) is 8.84. The van der Waals surface area contributed by atoms with Gasteiger partial charge in [-0.25, -0.2) is 0 Å². The van der Waals surface area contributed by atoms with Crippen molar-refractivity contribution in [3.05, 3.63) is 64.7 Å². The van der Waals surface area contributed by atoms with Gasteiger partial charge >= 0.3 is 0 Å². The van der Waals surface area contributed by atoms with Gasteiger partial charge in [0.2, 0.25) is 0 Å². The van der Waals surface area contributed by atoms with Crippen LogP contribution in [0.15, 0.2) is 42.5 Å². The molecule has 0 spiro atoms. The Morgan fingerprint density at radius 3 is 2.46 bits per heavy atom. The minimum absolute atomic E-state index is 0.175. The van der Waals surface area contributed by atoms with E-state index in [0.29, 0.717) is 5.11 Å². The molecule has 2 nitrogen and oxygen atoms in total. The van der Waals surface area contributed by atoms with Crippen LogP contribution in [0.1, 0.15) is 55.0 Å². The van der Waals surface area contributed by atoms with Crippen molar-refractivity contribution in [2.75, 3.05) is 5.32 Å². The monoisotopic (exact) mass is 340 g/mol. The maximum atomic E-state index is 5.47. The van der Waals surface area contributed by atoms with Gasteiger partial charge in [-0.3, -0.25) is 0 Å². The molecule has 0 heterocycles. The summed E-state index contributed by atoms with van der Waals surface area (Å²) in [6, 6.07) is 15.2. The molecular formula is C21H28N2S. The molecule has 0 aliphatic rings. The fraction of sp³-hybridized carbons (Fsp3) is 0.381. The third-order valence-electron chi connectivity index (χ3n) is 4.28. The van der Waals surface area contributed by atoms with E-state index >= 15 is 0 Å². The van der Waals surface area contributed by atoms with Gasteiger partial charge < -0.3 is 10.6 Å². The van der Waals surface area contributed by atoms with Crippen molar-refractivity contribution < 1.29 is 0 Å². The maximum Gasteiger partial charge on any atom is 0.171 e. The lowest BCUT2D eigenvalue weighted by atomic mass is 10.0. The fourth-order valence-corrected chi connectivity index (χ4v) is 3.10. The summed E-state index contributed by atoms with van der Waals surface area (Å²) < 4.78 is 0. The summed E-state index contributed by atoms with van der Waals surface area (Å²) >= 11 is 5.47. The Kier molecular flexibility index (Phi) is 6.80. The number of benzene rings is 2. The summed E-state index contributed by atoms with van der Waals surface area (Å²) in [5.41, 5.74) is 6.24. The second-order valence-corrected chi connectivity index (χ2v) is 6.89. The van der Waals surface area contributed by atoms with E-state index in [0.717, 1.165) is 12.1 Å². The molecule has 3 heteroatoms. The lowest BCUT2D eigenvalue weighted by molar-refractivity contribution is 0.716. The van der Waals surface area contributed by atoms with Crippen molar-refractivity contribution in [1.29, 1.82) is 0 Å². The molecule has 0 radical (unpaired) electrons. The van der Waals surface area contributed by atoms with E-state index in [1.165, 1.54) is 35.1 Å². The van der Waals surface area contributed by atoms with Crippen molar-refractivity contribution in [3.63, 3.8) is 0 Å². The third-order valence-corrected chi connectivity index (χ3v) is 4.50. The van der Waals surface area contributed by atoms with Crippen LogP contribution in [0.3, 0.4) is 0 Å². The Morgan fingerprint density at radius 1 is 1.08 bits per heavy atom. The van der Waals surface area contributed by atoms with Crippen LogP contribution in [0.5, 0.6) is 0 Å². The normalized spacial score (nSPS) is 11.8. The molecule has 0 fully saturated rings. The average molecular weight is 341 g/mol. The summed E-state index contributed by atoms with van der Waals surface area (Å²) in [4.78, 5) is 0. The van der Waals surface area contributed by atoms with Crippen LogP contribution in [0.4, 0.5) is 5.69 Å². The van der Waals surface area contributed by atoms with Crippen molar-refractivity contribution in [1.82, 2.24) is 5.32 Å². The van der Waals surface area contributed by atoms with Gasteiger partial charge in [-0.15, -0.1) is 0 Å². The Balaban J connectivity index is 1.93. The molecule has 0 amide bonds. The number of anilines is 1. The second-order valence-electron chi connectivity index (χ2n) is 6.48. The zero-order valence-corrected chi connectivity index (χ0v) is 16.0. The molecule has 0 saturated carbocycles. The van der Waals surface area contributed by atoms with E-state index in [9.17, 15) is 0 Å². The molecule has 0 aliphatic carbocycles. The van der Waals surface area contributed by atoms with Gasteiger partial charge in [-0.2, -0.15) is 0 Å². The summed E-state index contributed by atoms with van der Waals surface area (Å²) in [6.45, 7) is 8.62. The zero-order valence-electron chi connectivity index (χ0n) is 15.1. The standard InChI is InChI=1S/C21H28N2S/c1-5-6-7-18-10-12-19(13-11-18)23-21(24)22-17(4)20-14-15(2)8-9-16(20)3/h8-14,17H,5-7H2,1-4H3,(H2,22,23,24). The fourth-order valence-electron chi connectivity index (χ4n) is 2.80. The number of aryl methyl sites for hydroxylation is 3. The first-order valence-electron chi connectivity index (χ1n) is 8.73. The smallest absolute Gasteiger partial charge is 0.171 e. The van der Waals surface area contributed by atoms with E-state index in [1.54, 1.807) is 0 Å². The van der Waals surface area contributed by atoms with Gasteiger partial charge in [0.05, 0.1) is 6.04 Å². The highest BCUT2D eigenvalue weighted by Crippen LogP contribution is 2.19. The average Bonchev–Trinajstić information content (AvgIpc) is 2.56. The molecule has 0 aliphatic heterocycles. The van der Waals surface area contributed by atoms with Crippen LogP contribution < -0.4 is 10.6 Å². The van der Waals surface area contributed by atoms with E-state index in [1.807, 2.05) is 0 Å². The number of hydrogen-bond donors (Lipinski definition) is 2. The highest BCUT2D eigenvalue weighted by Gasteiger charge is 2.10. The molecule has 2 aromatic carbocycles. The van der Waals surface area contributed by atoms with Crippen LogP contribution in [0.2, 0.25) is 0 Å². The van der Waals surface area contributed by atoms with Crippen LogP contribution in [0, 0.1) is 13.8 Å². The van der Waals surface area contributed by atoms with Gasteiger partial charge in [0.1, 0.15) is 0 Å². The first-order valence-corrected chi connectivity index (χ1v) is 9.14. The SMILES string of the molecule is CCCCc1ccc(NC(=S)NC(C)c2cc(C)ccc2C)cc1. The van der Waals surface area contributed by atoms with Crippen molar-refractivity contribution in [2.45, 2.75) is 53.0 Å². The highest BCUT2D eigenvalue weighted by molar-refractivity contribution is 7.80. The molecule has 2 aromatic rings. The molecule has 24 heavy (non-hydrogen) atoms. The molecule has 2 rings (SSSR count). The highest BCUT2D eigenvalue weighted by atomic mass is 32.1. The van der Waals surface area contributed by atoms with E-state index in [2.05, 4.69) is 80.8 Å². The first-order chi connectivity index (χ1) is 11.5. The number of rotatable bonds is 6. The molecule has 1 unspecified atom stereocenters. The summed E-state index contributed by atoms with van der Waals surface area (Å²) in [5, 5.41) is 7.32. The Bertz CT molecular complexity index is 677. The van der Waals surface area contributed by atoms with Crippen LogP contribution in [-0.2, 0) is 6.42 Å². The van der Waals surface area contributed by atoms with E-state index in [4.69, 9.17) is 12.2 Å². The largest absolute Gasteiger partial charge is 0.356 e. The quantitative estimate of drug-likeness (QED) is 0.660. The zero-order chi connectivity index (χ0) is 17.5. The van der Waals surface area contributed by atoms with Gasteiger partial charge in [0.15, 0.2) is 5.11 Å². The molecule has 2 N–H and O–H groups in total. The van der Waals surface area contributed by atoms with Gasteiger partial charge in [0.25, 0.3) is 0 Å². The lowest BCUT2D eigenvalue weighted by Gasteiger charge is -2.20. The lowest BCUT2D eigenvalue weighted by Crippen LogP contribution is -2.31. The van der Waals surface area contributed by atoms with Crippen LogP contribution >= 0.6 is 12.2 Å². The van der Waals surface area contributed by atoms with E-state index in [-0.39, 0.29) is 6.04 Å². The number of thiocarbonyl (C=S) groups is 1. The minimum atomic E-state index is 0.175. The Morgan fingerprint density at radius 2 is 1.79 bits per heavy atom. The van der Waals surface area contributed by atoms with Gasteiger partial charge in [0, 0.05) is 5.69 Å². The molecule has 128 valence electrons. The van der Waals surface area contributed by atoms with Crippen molar-refractivity contribution in [3.8, 4) is 0 Å². The molecule has 0 saturated heterocycles. The van der Waals surface area contributed by atoms with Gasteiger partial charge in [-0.1, -0.05) is 49.2 Å². The first kappa shape index (κ1) is 18.5. The maximum absolute atomic E-state index is 5.47. The van der Waals surface area contributed by atoms with E-state index < -0.39 is 0 Å². The van der Waals surface area contributed by atoms with Crippen molar-refractivity contribution >= 4 is 23.0 Å². The summed E-state index contributed by atoms with van der Waals surface area (Å²) in [5.74, 6) is 0. The Labute approximate surface area is 151 Å². The van der Waals surface area contributed by atoms with Crippen molar-refractivity contribution in [2.24, 2.45) is 0 Å². The predicted molar refractivity (Wildman–Crippen MR) is 109 cm³/mol. The third kappa shape index (κ3) is 5.34. The topological polar surface area (TPSA) is 24.1 Å². The molecule has 0 bridgehead atoms. The molecule has 1 atom stereocenters. The predicted octanol–water partition coefficient (Wildman–Crippen LogP) is 5.69.